The Balaban J connectivity index is 1.96. The minimum atomic E-state index is -0.350. The summed E-state index contributed by atoms with van der Waals surface area (Å²) < 4.78 is 14.7. The van der Waals surface area contributed by atoms with Crippen LogP contribution in [0.4, 0.5) is 10.1 Å². The van der Waals surface area contributed by atoms with E-state index in [1.807, 2.05) is 6.07 Å². The molecule has 0 bridgehead atoms. The molecule has 1 aromatic heterocycles. The summed E-state index contributed by atoms with van der Waals surface area (Å²) in [6.07, 6.45) is 4.34. The van der Waals surface area contributed by atoms with Crippen LogP contribution in [0.3, 0.4) is 0 Å². The summed E-state index contributed by atoms with van der Waals surface area (Å²) in [5.74, 6) is -0.254. The molecule has 110 valence electrons. The summed E-state index contributed by atoms with van der Waals surface area (Å²) in [6, 6.07) is 4.79. The third-order valence-electron chi connectivity index (χ3n) is 3.83. The monoisotopic (exact) mass is 307 g/mol. The number of hydrogen-bond acceptors (Lipinski definition) is 3. The largest absolute Gasteiger partial charge is 0.376 e. The molecule has 3 rings (SSSR count). The van der Waals surface area contributed by atoms with E-state index in [-0.39, 0.29) is 22.4 Å². The Bertz CT molecular complexity index is 744. The number of halogens is 2. The highest BCUT2D eigenvalue weighted by atomic mass is 35.5. The van der Waals surface area contributed by atoms with Crippen molar-refractivity contribution >= 4 is 17.3 Å². The van der Waals surface area contributed by atoms with Gasteiger partial charge >= 0.3 is 0 Å². The maximum Gasteiger partial charge on any atom is 0.287 e. The molecule has 0 radical (unpaired) electrons. The summed E-state index contributed by atoms with van der Waals surface area (Å²) in [7, 11) is 1.54. The first-order chi connectivity index (χ1) is 10.1. The van der Waals surface area contributed by atoms with Crippen molar-refractivity contribution in [3.63, 3.8) is 0 Å². The van der Waals surface area contributed by atoms with Gasteiger partial charge in [0.2, 0.25) is 0 Å². The number of fused-ring (bicyclic) bond motifs is 1. The second kappa shape index (κ2) is 5.48. The van der Waals surface area contributed by atoms with Gasteiger partial charge in [0, 0.05) is 7.05 Å². The maximum atomic E-state index is 13.5. The molecule has 0 saturated carbocycles. The standard InChI is InChI=1S/C15H15ClFN3O/c1-20-15(21)14(16)13(8-18-20)19-12-4-2-3-9-5-6-10(17)7-11(9)12/h5-8,12,19H,2-4H2,1H3. The van der Waals surface area contributed by atoms with Crippen molar-refractivity contribution in [2.24, 2.45) is 7.05 Å². The molecule has 6 heteroatoms. The zero-order valence-corrected chi connectivity index (χ0v) is 12.3. The van der Waals surface area contributed by atoms with Crippen molar-refractivity contribution in [2.45, 2.75) is 25.3 Å². The Kier molecular flexibility index (Phi) is 3.68. The van der Waals surface area contributed by atoms with Crippen LogP contribution in [0, 0.1) is 5.82 Å². The second-order valence-corrected chi connectivity index (χ2v) is 5.61. The van der Waals surface area contributed by atoms with Gasteiger partial charge in [-0.3, -0.25) is 4.79 Å². The first-order valence-electron chi connectivity index (χ1n) is 6.83. The first kappa shape index (κ1) is 14.1. The predicted molar refractivity (Wildman–Crippen MR) is 80.2 cm³/mol. The molecule has 4 nitrogen and oxygen atoms in total. The third kappa shape index (κ3) is 2.65. The molecule has 1 N–H and O–H groups in total. The van der Waals surface area contributed by atoms with Gasteiger partial charge in [0.15, 0.2) is 0 Å². The zero-order valence-electron chi connectivity index (χ0n) is 11.6. The minimum Gasteiger partial charge on any atom is -0.376 e. The van der Waals surface area contributed by atoms with Crippen molar-refractivity contribution in [3.05, 3.63) is 56.7 Å². The van der Waals surface area contributed by atoms with Crippen molar-refractivity contribution < 1.29 is 4.39 Å². The smallest absolute Gasteiger partial charge is 0.287 e. The highest BCUT2D eigenvalue weighted by Gasteiger charge is 2.22. The van der Waals surface area contributed by atoms with Crippen LogP contribution < -0.4 is 10.9 Å². The average Bonchev–Trinajstić information content (AvgIpc) is 2.48. The van der Waals surface area contributed by atoms with Crippen molar-refractivity contribution in [3.8, 4) is 0 Å². The number of rotatable bonds is 2. The molecule has 0 spiro atoms. The molecule has 1 heterocycles. The summed E-state index contributed by atoms with van der Waals surface area (Å²) in [6.45, 7) is 0. The molecule has 0 fully saturated rings. The predicted octanol–water partition coefficient (Wildman–Crippen LogP) is 3.06. The highest BCUT2D eigenvalue weighted by molar-refractivity contribution is 6.32. The fourth-order valence-corrected chi connectivity index (χ4v) is 2.94. The highest BCUT2D eigenvalue weighted by Crippen LogP contribution is 2.33. The van der Waals surface area contributed by atoms with Gasteiger partial charge in [-0.05, 0) is 42.5 Å². The Hall–Kier alpha value is -1.88. The molecule has 2 aromatic rings. The molecule has 1 aliphatic carbocycles. The number of aromatic nitrogens is 2. The Morgan fingerprint density at radius 3 is 3.10 bits per heavy atom. The number of aryl methyl sites for hydroxylation is 2. The van der Waals surface area contributed by atoms with E-state index in [1.54, 1.807) is 13.1 Å². The first-order valence-corrected chi connectivity index (χ1v) is 7.20. The average molecular weight is 308 g/mol. The molecule has 1 unspecified atom stereocenters. The van der Waals surface area contributed by atoms with E-state index in [9.17, 15) is 9.18 Å². The van der Waals surface area contributed by atoms with Gasteiger partial charge in [-0.25, -0.2) is 9.07 Å². The van der Waals surface area contributed by atoms with Crippen molar-refractivity contribution in [2.75, 3.05) is 5.32 Å². The van der Waals surface area contributed by atoms with E-state index in [0.717, 1.165) is 30.4 Å². The van der Waals surface area contributed by atoms with Gasteiger partial charge in [-0.1, -0.05) is 17.7 Å². The number of nitrogens with one attached hydrogen (secondary N) is 1. The van der Waals surface area contributed by atoms with Crippen LogP contribution in [0.5, 0.6) is 0 Å². The topological polar surface area (TPSA) is 46.9 Å². The Morgan fingerprint density at radius 2 is 2.29 bits per heavy atom. The van der Waals surface area contributed by atoms with Crippen LogP contribution in [0.1, 0.15) is 30.0 Å². The lowest BCUT2D eigenvalue weighted by Crippen LogP contribution is -2.23. The molecule has 1 aromatic carbocycles. The quantitative estimate of drug-likeness (QED) is 0.927. The lowest BCUT2D eigenvalue weighted by molar-refractivity contribution is 0.579. The van der Waals surface area contributed by atoms with Gasteiger partial charge in [0.25, 0.3) is 5.56 Å². The molecule has 1 atom stereocenters. The van der Waals surface area contributed by atoms with Crippen LogP contribution >= 0.6 is 11.6 Å². The number of hydrogen-bond donors (Lipinski definition) is 1. The van der Waals surface area contributed by atoms with E-state index in [0.29, 0.717) is 5.69 Å². The fourth-order valence-electron chi connectivity index (χ4n) is 2.72. The van der Waals surface area contributed by atoms with E-state index < -0.39 is 0 Å². The van der Waals surface area contributed by atoms with E-state index in [4.69, 9.17) is 11.6 Å². The molecule has 0 amide bonds. The number of nitrogens with zero attached hydrogens (tertiary/aromatic N) is 2. The van der Waals surface area contributed by atoms with E-state index in [1.165, 1.54) is 16.9 Å². The van der Waals surface area contributed by atoms with Crippen LogP contribution in [-0.4, -0.2) is 9.78 Å². The maximum absolute atomic E-state index is 13.5. The summed E-state index contributed by atoms with van der Waals surface area (Å²) in [4.78, 5) is 11.8. The molecular formula is C15H15ClFN3O. The van der Waals surface area contributed by atoms with Gasteiger partial charge in [0.1, 0.15) is 10.8 Å². The fraction of sp³-hybridized carbons (Fsp3) is 0.333. The molecule has 21 heavy (non-hydrogen) atoms. The number of benzene rings is 1. The van der Waals surface area contributed by atoms with Crippen LogP contribution in [-0.2, 0) is 13.5 Å². The van der Waals surface area contributed by atoms with Gasteiger partial charge in [-0.15, -0.1) is 0 Å². The van der Waals surface area contributed by atoms with E-state index >= 15 is 0 Å². The minimum absolute atomic E-state index is 0.0594. The van der Waals surface area contributed by atoms with Gasteiger partial charge in [-0.2, -0.15) is 5.10 Å². The normalized spacial score (nSPS) is 17.4. The van der Waals surface area contributed by atoms with Crippen LogP contribution in [0.15, 0.2) is 29.2 Å². The Labute approximate surface area is 126 Å². The van der Waals surface area contributed by atoms with Crippen molar-refractivity contribution in [1.29, 1.82) is 0 Å². The zero-order chi connectivity index (χ0) is 15.0. The second-order valence-electron chi connectivity index (χ2n) is 5.23. The van der Waals surface area contributed by atoms with Gasteiger partial charge < -0.3 is 5.32 Å². The lowest BCUT2D eigenvalue weighted by atomic mass is 9.87. The third-order valence-corrected chi connectivity index (χ3v) is 4.20. The van der Waals surface area contributed by atoms with Crippen LogP contribution in [0.2, 0.25) is 5.02 Å². The molecule has 0 aliphatic heterocycles. The van der Waals surface area contributed by atoms with Crippen LogP contribution in [0.25, 0.3) is 0 Å². The summed E-state index contributed by atoms with van der Waals surface area (Å²) >= 11 is 6.07. The molecule has 0 saturated heterocycles. The molecule has 1 aliphatic rings. The van der Waals surface area contributed by atoms with Gasteiger partial charge in [0.05, 0.1) is 17.9 Å². The molecular weight excluding hydrogens is 293 g/mol. The lowest BCUT2D eigenvalue weighted by Gasteiger charge is -2.27. The summed E-state index contributed by atoms with van der Waals surface area (Å²) in [5, 5.41) is 7.30. The Morgan fingerprint density at radius 1 is 1.48 bits per heavy atom. The number of anilines is 1. The summed E-state index contributed by atoms with van der Waals surface area (Å²) in [5.41, 5.74) is 2.20. The van der Waals surface area contributed by atoms with E-state index in [2.05, 4.69) is 10.4 Å². The SMILES string of the molecule is Cn1ncc(NC2CCCc3ccc(F)cc32)c(Cl)c1=O. The van der Waals surface area contributed by atoms with Crippen molar-refractivity contribution in [1.82, 2.24) is 9.78 Å².